The smallest absolute Gasteiger partial charge is 0.320 e. The van der Waals surface area contributed by atoms with E-state index in [-0.39, 0.29) is 11.6 Å². The fourth-order valence-corrected chi connectivity index (χ4v) is 2.77. The molecule has 1 atom stereocenters. The number of methoxy groups -OCH3 is 1. The van der Waals surface area contributed by atoms with Gasteiger partial charge in [0.05, 0.1) is 7.11 Å². The van der Waals surface area contributed by atoms with Crippen LogP contribution in [0.25, 0.3) is 0 Å². The average molecular weight is 340 g/mol. The lowest BCUT2D eigenvalue weighted by Crippen LogP contribution is -2.34. The lowest BCUT2D eigenvalue weighted by Gasteiger charge is -2.08. The predicted octanol–water partition coefficient (Wildman–Crippen LogP) is -0.0567. The van der Waals surface area contributed by atoms with E-state index < -0.39 is 20.8 Å². The third-order valence-electron chi connectivity index (χ3n) is 2.27. The number of nitrogens with one attached hydrogen (secondary N) is 1. The molecule has 0 spiro atoms. The van der Waals surface area contributed by atoms with Gasteiger partial charge in [0.1, 0.15) is 10.7 Å². The molecular formula is C9H14BrN3O4S. The fourth-order valence-electron chi connectivity index (χ4n) is 1.12. The van der Waals surface area contributed by atoms with E-state index in [0.717, 1.165) is 0 Å². The van der Waals surface area contributed by atoms with E-state index in [9.17, 15) is 13.2 Å². The Kier molecular flexibility index (Phi) is 4.88. The molecule has 1 aromatic heterocycles. The first-order valence-electron chi connectivity index (χ1n) is 4.99. The minimum absolute atomic E-state index is 0.0768. The van der Waals surface area contributed by atoms with Crippen LogP contribution in [0.3, 0.4) is 0 Å². The molecule has 0 aromatic carbocycles. The van der Waals surface area contributed by atoms with Crippen LogP contribution in [0, 0.1) is 6.92 Å². The summed E-state index contributed by atoms with van der Waals surface area (Å²) >= 11 is 3.02. The number of alkyl halides is 1. The maximum atomic E-state index is 11.9. The second kappa shape index (κ2) is 5.81. The van der Waals surface area contributed by atoms with Gasteiger partial charge in [0.2, 0.25) is 0 Å². The Labute approximate surface area is 114 Å². The first-order chi connectivity index (χ1) is 8.27. The van der Waals surface area contributed by atoms with Gasteiger partial charge >= 0.3 is 5.97 Å². The summed E-state index contributed by atoms with van der Waals surface area (Å²) in [6, 6.07) is 0. The zero-order chi connectivity index (χ0) is 13.9. The van der Waals surface area contributed by atoms with E-state index >= 15 is 0 Å². The fraction of sp³-hybridized carbons (Fsp3) is 0.556. The molecule has 0 aliphatic carbocycles. The van der Waals surface area contributed by atoms with Gasteiger partial charge in [-0.15, -0.1) is 0 Å². The first kappa shape index (κ1) is 15.1. The summed E-state index contributed by atoms with van der Waals surface area (Å²) in [7, 11) is -0.792. The van der Waals surface area contributed by atoms with Gasteiger partial charge in [0.15, 0.2) is 5.03 Å². The minimum Gasteiger partial charge on any atom is -0.468 e. The van der Waals surface area contributed by atoms with E-state index in [4.69, 9.17) is 0 Å². The van der Waals surface area contributed by atoms with Crippen LogP contribution in [0.15, 0.2) is 11.2 Å². The zero-order valence-corrected chi connectivity index (χ0v) is 12.6. The van der Waals surface area contributed by atoms with Gasteiger partial charge in [-0.1, -0.05) is 15.9 Å². The Morgan fingerprint density at radius 3 is 2.72 bits per heavy atom. The predicted molar refractivity (Wildman–Crippen MR) is 67.9 cm³/mol. The standard InChI is InChI=1S/C9H14BrN3O4S/c1-6-12-8(5-13(6)2)18(15,16)11-4-7(10)9(14)17-3/h5,7,11H,4H2,1-3H3. The molecule has 1 heterocycles. The number of hydrogen-bond donors (Lipinski definition) is 1. The highest BCUT2D eigenvalue weighted by atomic mass is 79.9. The van der Waals surface area contributed by atoms with Crippen LogP contribution < -0.4 is 4.72 Å². The van der Waals surface area contributed by atoms with Gasteiger partial charge in [-0.2, -0.15) is 0 Å². The molecular weight excluding hydrogens is 326 g/mol. The molecule has 102 valence electrons. The molecule has 0 amide bonds. The average Bonchev–Trinajstić information content (AvgIpc) is 2.66. The summed E-state index contributed by atoms with van der Waals surface area (Å²) in [6.07, 6.45) is 1.40. The van der Waals surface area contributed by atoms with Crippen molar-refractivity contribution in [2.24, 2.45) is 7.05 Å². The summed E-state index contributed by atoms with van der Waals surface area (Å²) in [5.74, 6) is 0.0358. The van der Waals surface area contributed by atoms with Crippen molar-refractivity contribution in [1.82, 2.24) is 14.3 Å². The Morgan fingerprint density at radius 2 is 2.28 bits per heavy atom. The Morgan fingerprint density at radius 1 is 1.67 bits per heavy atom. The van der Waals surface area contributed by atoms with Crippen molar-refractivity contribution in [3.05, 3.63) is 12.0 Å². The number of carbonyl (C=O) groups is 1. The molecule has 0 aliphatic heterocycles. The second-order valence-electron chi connectivity index (χ2n) is 3.58. The van der Waals surface area contributed by atoms with E-state index in [1.807, 2.05) is 0 Å². The van der Waals surface area contributed by atoms with E-state index in [1.54, 1.807) is 18.5 Å². The van der Waals surface area contributed by atoms with Gasteiger partial charge in [-0.05, 0) is 6.92 Å². The van der Waals surface area contributed by atoms with Crippen LogP contribution in [0.2, 0.25) is 0 Å². The van der Waals surface area contributed by atoms with Crippen molar-refractivity contribution >= 4 is 31.9 Å². The van der Waals surface area contributed by atoms with Crippen LogP contribution in [-0.4, -0.2) is 42.4 Å². The van der Waals surface area contributed by atoms with Crippen LogP contribution in [0.5, 0.6) is 0 Å². The number of carbonyl (C=O) groups excluding carboxylic acids is 1. The van der Waals surface area contributed by atoms with Gasteiger partial charge in [-0.25, -0.2) is 18.1 Å². The molecule has 1 rings (SSSR count). The summed E-state index contributed by atoms with van der Waals surface area (Å²) in [6.45, 7) is 1.59. The number of aromatic nitrogens is 2. The van der Waals surface area contributed by atoms with Crippen molar-refractivity contribution in [2.75, 3.05) is 13.7 Å². The van der Waals surface area contributed by atoms with E-state index in [2.05, 4.69) is 30.4 Å². The lowest BCUT2D eigenvalue weighted by atomic mass is 10.4. The molecule has 0 saturated carbocycles. The van der Waals surface area contributed by atoms with Gasteiger partial charge in [-0.3, -0.25) is 4.79 Å². The SMILES string of the molecule is COC(=O)C(Br)CNS(=O)(=O)c1cn(C)c(C)n1. The zero-order valence-electron chi connectivity index (χ0n) is 10.2. The molecule has 1 unspecified atom stereocenters. The Hall–Kier alpha value is -0.930. The Bertz CT molecular complexity index is 521. The number of halogens is 1. The Balaban J connectivity index is 2.74. The number of hydrogen-bond acceptors (Lipinski definition) is 5. The molecule has 7 nitrogen and oxygen atoms in total. The highest BCUT2D eigenvalue weighted by molar-refractivity contribution is 9.10. The van der Waals surface area contributed by atoms with Crippen molar-refractivity contribution in [1.29, 1.82) is 0 Å². The van der Waals surface area contributed by atoms with Gasteiger partial charge < -0.3 is 9.30 Å². The highest BCUT2D eigenvalue weighted by Crippen LogP contribution is 2.08. The number of nitrogens with zero attached hydrogens (tertiary/aromatic N) is 2. The van der Waals surface area contributed by atoms with Crippen molar-refractivity contribution < 1.29 is 17.9 Å². The minimum atomic E-state index is -3.72. The summed E-state index contributed by atoms with van der Waals surface area (Å²) in [5, 5.41) is -0.0768. The largest absolute Gasteiger partial charge is 0.468 e. The maximum absolute atomic E-state index is 11.9. The number of aryl methyl sites for hydroxylation is 2. The summed E-state index contributed by atoms with van der Waals surface area (Å²) < 4.78 is 32.0. The molecule has 0 fully saturated rings. The number of ether oxygens (including phenoxy) is 1. The van der Waals surface area contributed by atoms with Crippen LogP contribution in [-0.2, 0) is 26.6 Å². The number of imidazole rings is 1. The van der Waals surface area contributed by atoms with Crippen LogP contribution in [0.1, 0.15) is 5.82 Å². The molecule has 18 heavy (non-hydrogen) atoms. The quantitative estimate of drug-likeness (QED) is 0.599. The molecule has 9 heteroatoms. The van der Waals surface area contributed by atoms with Crippen molar-refractivity contribution in [3.8, 4) is 0 Å². The third kappa shape index (κ3) is 3.53. The van der Waals surface area contributed by atoms with Crippen LogP contribution in [0.4, 0.5) is 0 Å². The number of sulfonamides is 1. The van der Waals surface area contributed by atoms with Crippen molar-refractivity contribution in [3.63, 3.8) is 0 Å². The molecule has 1 N–H and O–H groups in total. The normalized spacial score (nSPS) is 13.3. The first-order valence-corrected chi connectivity index (χ1v) is 7.39. The summed E-state index contributed by atoms with van der Waals surface area (Å²) in [4.78, 5) is 14.3. The molecule has 0 aliphatic rings. The molecule has 0 bridgehead atoms. The number of esters is 1. The van der Waals surface area contributed by atoms with Crippen LogP contribution >= 0.6 is 15.9 Å². The van der Waals surface area contributed by atoms with E-state index in [1.165, 1.54) is 13.3 Å². The molecule has 0 saturated heterocycles. The molecule has 0 radical (unpaired) electrons. The second-order valence-corrected chi connectivity index (χ2v) is 6.40. The maximum Gasteiger partial charge on any atom is 0.320 e. The summed E-state index contributed by atoms with van der Waals surface area (Å²) in [5.41, 5.74) is 0. The highest BCUT2D eigenvalue weighted by Gasteiger charge is 2.22. The number of rotatable bonds is 5. The lowest BCUT2D eigenvalue weighted by molar-refractivity contribution is -0.139. The molecule has 1 aromatic rings. The van der Waals surface area contributed by atoms with Gasteiger partial charge in [0, 0.05) is 19.8 Å². The monoisotopic (exact) mass is 339 g/mol. The topological polar surface area (TPSA) is 90.3 Å². The van der Waals surface area contributed by atoms with E-state index in [0.29, 0.717) is 5.82 Å². The third-order valence-corrected chi connectivity index (χ3v) is 4.26. The van der Waals surface area contributed by atoms with Crippen molar-refractivity contribution in [2.45, 2.75) is 16.8 Å². The van der Waals surface area contributed by atoms with Gasteiger partial charge in [0.25, 0.3) is 10.0 Å².